The van der Waals surface area contributed by atoms with E-state index < -0.39 is 6.43 Å². The van der Waals surface area contributed by atoms with Gasteiger partial charge in [0.25, 0.3) is 6.43 Å². The molecule has 18 heavy (non-hydrogen) atoms. The molecule has 2 fully saturated rings. The van der Waals surface area contributed by atoms with Gasteiger partial charge in [0, 0.05) is 6.20 Å². The van der Waals surface area contributed by atoms with Crippen molar-refractivity contribution in [3.63, 3.8) is 0 Å². The average molecular weight is 253 g/mol. The Labute approximate surface area is 105 Å². The molecule has 3 rings (SSSR count). The Bertz CT molecular complexity index is 412. The molecule has 2 bridgehead atoms. The molecule has 2 nitrogen and oxygen atoms in total. The van der Waals surface area contributed by atoms with Gasteiger partial charge < -0.3 is 4.74 Å². The van der Waals surface area contributed by atoms with Gasteiger partial charge in [-0.05, 0) is 43.2 Å². The van der Waals surface area contributed by atoms with Crippen LogP contribution in [-0.4, -0.2) is 11.1 Å². The van der Waals surface area contributed by atoms with E-state index in [9.17, 15) is 8.78 Å². The Hall–Kier alpha value is -1.19. The lowest BCUT2D eigenvalue weighted by molar-refractivity contribution is 0.0994. The first-order chi connectivity index (χ1) is 8.72. The van der Waals surface area contributed by atoms with Gasteiger partial charge in [0.2, 0.25) is 5.88 Å². The molecule has 0 spiro atoms. The first kappa shape index (κ1) is 11.9. The summed E-state index contributed by atoms with van der Waals surface area (Å²) in [6.07, 6.45) is 4.90. The zero-order chi connectivity index (χ0) is 12.5. The molecule has 1 aromatic heterocycles. The quantitative estimate of drug-likeness (QED) is 0.813. The molecule has 0 aromatic carbocycles. The van der Waals surface area contributed by atoms with Crippen LogP contribution >= 0.6 is 0 Å². The van der Waals surface area contributed by atoms with Crippen molar-refractivity contribution in [2.24, 2.45) is 11.8 Å². The van der Waals surface area contributed by atoms with Crippen LogP contribution in [0.15, 0.2) is 18.3 Å². The molecule has 2 saturated carbocycles. The van der Waals surface area contributed by atoms with Gasteiger partial charge in [-0.15, -0.1) is 0 Å². The van der Waals surface area contributed by atoms with E-state index in [0.29, 0.717) is 0 Å². The lowest BCUT2D eigenvalue weighted by Crippen LogP contribution is -2.26. The maximum atomic E-state index is 12.8. The Morgan fingerprint density at radius 1 is 1.17 bits per heavy atom. The van der Waals surface area contributed by atoms with Crippen molar-refractivity contribution < 1.29 is 13.5 Å². The van der Waals surface area contributed by atoms with Crippen LogP contribution < -0.4 is 4.74 Å². The minimum Gasteiger partial charge on any atom is -0.474 e. The van der Waals surface area contributed by atoms with E-state index in [1.165, 1.54) is 37.6 Å². The van der Waals surface area contributed by atoms with Crippen molar-refractivity contribution in [3.05, 3.63) is 23.9 Å². The molecule has 2 aliphatic rings. The topological polar surface area (TPSA) is 22.1 Å². The maximum absolute atomic E-state index is 12.8. The van der Waals surface area contributed by atoms with Gasteiger partial charge >= 0.3 is 0 Å². The van der Waals surface area contributed by atoms with E-state index in [1.807, 2.05) is 0 Å². The highest BCUT2D eigenvalue weighted by molar-refractivity contribution is 5.26. The summed E-state index contributed by atoms with van der Waals surface area (Å²) < 4.78 is 31.4. The molecular formula is C14H17F2NO. The van der Waals surface area contributed by atoms with Crippen LogP contribution in [0.3, 0.4) is 0 Å². The summed E-state index contributed by atoms with van der Waals surface area (Å²) in [5, 5.41) is 0. The van der Waals surface area contributed by atoms with E-state index in [4.69, 9.17) is 4.74 Å². The number of pyridine rings is 1. The molecular weight excluding hydrogens is 236 g/mol. The lowest BCUT2D eigenvalue weighted by Gasteiger charge is -2.28. The smallest absolute Gasteiger partial charge is 0.269 e. The zero-order valence-electron chi connectivity index (χ0n) is 10.2. The number of fused-ring (bicyclic) bond motifs is 2. The second-order valence-electron chi connectivity index (χ2n) is 5.45. The highest BCUT2D eigenvalue weighted by Gasteiger charge is 2.35. The number of hydrogen-bond acceptors (Lipinski definition) is 2. The van der Waals surface area contributed by atoms with E-state index in [-0.39, 0.29) is 17.5 Å². The van der Waals surface area contributed by atoms with E-state index in [1.54, 1.807) is 0 Å². The van der Waals surface area contributed by atoms with Crippen LogP contribution in [0.2, 0.25) is 0 Å². The van der Waals surface area contributed by atoms with Gasteiger partial charge in [0.05, 0.1) is 5.56 Å². The van der Waals surface area contributed by atoms with Crippen molar-refractivity contribution in [1.82, 2.24) is 4.98 Å². The summed E-state index contributed by atoms with van der Waals surface area (Å²) >= 11 is 0. The highest BCUT2D eigenvalue weighted by atomic mass is 19.3. The van der Waals surface area contributed by atoms with Crippen LogP contribution in [0.1, 0.15) is 44.1 Å². The zero-order valence-corrected chi connectivity index (χ0v) is 10.2. The predicted molar refractivity (Wildman–Crippen MR) is 63.7 cm³/mol. The minimum absolute atomic E-state index is 0.0728. The van der Waals surface area contributed by atoms with Gasteiger partial charge in [-0.3, -0.25) is 0 Å². The molecule has 2 aliphatic carbocycles. The number of halogens is 2. The Kier molecular flexibility index (Phi) is 3.18. The molecule has 0 amide bonds. The van der Waals surface area contributed by atoms with Gasteiger partial charge in [0.15, 0.2) is 0 Å². The van der Waals surface area contributed by atoms with Crippen molar-refractivity contribution >= 4 is 0 Å². The Morgan fingerprint density at radius 2 is 1.89 bits per heavy atom. The van der Waals surface area contributed by atoms with Gasteiger partial charge in [0.1, 0.15) is 6.10 Å². The largest absolute Gasteiger partial charge is 0.474 e. The fourth-order valence-electron chi connectivity index (χ4n) is 3.37. The number of alkyl halides is 2. The number of nitrogens with zero attached hydrogens (tertiary/aromatic N) is 1. The van der Waals surface area contributed by atoms with Crippen LogP contribution in [-0.2, 0) is 0 Å². The molecule has 1 aromatic rings. The number of hydrogen-bond donors (Lipinski definition) is 0. The molecule has 0 N–H and O–H groups in total. The molecule has 0 unspecified atom stereocenters. The third-order valence-electron chi connectivity index (χ3n) is 4.16. The first-order valence-electron chi connectivity index (χ1n) is 6.62. The summed E-state index contributed by atoms with van der Waals surface area (Å²) in [4.78, 5) is 3.96. The van der Waals surface area contributed by atoms with Crippen LogP contribution in [0.4, 0.5) is 8.78 Å². The average Bonchev–Trinajstić information content (AvgIpc) is 2.69. The summed E-state index contributed by atoms with van der Waals surface area (Å²) in [5.41, 5.74) is -0.0876. The van der Waals surface area contributed by atoms with Gasteiger partial charge in [-0.2, -0.15) is 0 Å². The summed E-state index contributed by atoms with van der Waals surface area (Å²) in [6, 6.07) is 2.92. The number of rotatable bonds is 3. The molecule has 1 heterocycles. The molecule has 0 radical (unpaired) electrons. The lowest BCUT2D eigenvalue weighted by atomic mass is 9.87. The summed E-state index contributed by atoms with van der Waals surface area (Å²) in [6.45, 7) is 0. The SMILES string of the molecule is FC(F)c1cccnc1O[C@@H]1C[C@@H]2CC[C@@H](C2)C1. The second-order valence-corrected chi connectivity index (χ2v) is 5.45. The summed E-state index contributed by atoms with van der Waals surface area (Å²) in [7, 11) is 0. The predicted octanol–water partition coefficient (Wildman–Crippen LogP) is 3.98. The third-order valence-corrected chi connectivity index (χ3v) is 4.16. The Balaban J connectivity index is 1.73. The van der Waals surface area contributed by atoms with Crippen molar-refractivity contribution in [1.29, 1.82) is 0 Å². The van der Waals surface area contributed by atoms with Gasteiger partial charge in [-0.25, -0.2) is 13.8 Å². The number of aromatic nitrogens is 1. The first-order valence-corrected chi connectivity index (χ1v) is 6.62. The fourth-order valence-corrected chi connectivity index (χ4v) is 3.37. The molecule has 0 saturated heterocycles. The molecule has 98 valence electrons. The second kappa shape index (κ2) is 4.82. The molecule has 4 heteroatoms. The molecule has 3 atom stereocenters. The van der Waals surface area contributed by atoms with Crippen LogP contribution in [0, 0.1) is 11.8 Å². The van der Waals surface area contributed by atoms with Gasteiger partial charge in [-0.1, -0.05) is 12.8 Å². The van der Waals surface area contributed by atoms with Crippen LogP contribution in [0.25, 0.3) is 0 Å². The Morgan fingerprint density at radius 3 is 2.56 bits per heavy atom. The fraction of sp³-hybridized carbons (Fsp3) is 0.643. The monoisotopic (exact) mass is 253 g/mol. The summed E-state index contributed by atoms with van der Waals surface area (Å²) in [5.74, 6) is 1.58. The maximum Gasteiger partial charge on any atom is 0.269 e. The van der Waals surface area contributed by atoms with E-state index in [0.717, 1.165) is 24.7 Å². The van der Waals surface area contributed by atoms with E-state index >= 15 is 0 Å². The normalized spacial score (nSPS) is 30.7. The van der Waals surface area contributed by atoms with Crippen LogP contribution in [0.5, 0.6) is 5.88 Å². The van der Waals surface area contributed by atoms with Crippen molar-refractivity contribution in [2.75, 3.05) is 0 Å². The van der Waals surface area contributed by atoms with Crippen molar-refractivity contribution in [2.45, 2.75) is 44.6 Å². The molecule has 0 aliphatic heterocycles. The van der Waals surface area contributed by atoms with Crippen molar-refractivity contribution in [3.8, 4) is 5.88 Å². The third kappa shape index (κ3) is 2.33. The minimum atomic E-state index is -2.52. The number of ether oxygens (including phenoxy) is 1. The van der Waals surface area contributed by atoms with E-state index in [2.05, 4.69) is 4.98 Å². The highest BCUT2D eigenvalue weighted by Crippen LogP contribution is 2.43. The standard InChI is InChI=1S/C14H17F2NO/c15-13(16)12-2-1-5-17-14(12)18-11-7-9-3-4-10(6-9)8-11/h1-2,5,9-11,13H,3-4,6-8H2/t9-,10+,11-.